The molecule has 0 atom stereocenters. The lowest BCUT2D eigenvalue weighted by atomic mass is 10.1. The van der Waals surface area contributed by atoms with Crippen LogP contribution in [0, 0.1) is 19.7 Å². The summed E-state index contributed by atoms with van der Waals surface area (Å²) >= 11 is 6.50. The molecule has 0 spiro atoms. The van der Waals surface area contributed by atoms with Crippen molar-refractivity contribution in [2.45, 2.75) is 13.8 Å². The molecule has 2 aromatic carbocycles. The molecule has 3 nitrogen and oxygen atoms in total. The van der Waals surface area contributed by atoms with Gasteiger partial charge in [0, 0.05) is 11.3 Å². The van der Waals surface area contributed by atoms with Crippen LogP contribution in [0.1, 0.15) is 16.7 Å². The molecule has 128 valence electrons. The molecule has 0 aromatic heterocycles. The zero-order valence-electron chi connectivity index (χ0n) is 13.9. The average Bonchev–Trinajstić information content (AvgIpc) is 2.84. The van der Waals surface area contributed by atoms with Crippen LogP contribution in [0.5, 0.6) is 0 Å². The minimum absolute atomic E-state index is 0.212. The van der Waals surface area contributed by atoms with Crippen molar-refractivity contribution < 1.29 is 9.18 Å². The molecule has 0 radical (unpaired) electrons. The average molecular weight is 372 g/mol. The summed E-state index contributed by atoms with van der Waals surface area (Å²) in [4.78, 5) is 14.5. The molecule has 1 amide bonds. The van der Waals surface area contributed by atoms with Crippen LogP contribution in [-0.2, 0) is 4.79 Å². The second-order valence-electron chi connectivity index (χ2n) is 5.78. The molecule has 6 heteroatoms. The number of aryl methyl sites for hydroxylation is 2. The highest BCUT2D eigenvalue weighted by Crippen LogP contribution is 2.33. The first kappa shape index (κ1) is 17.6. The molecule has 0 saturated carbocycles. The monoisotopic (exact) mass is 372 g/mol. The van der Waals surface area contributed by atoms with E-state index in [1.807, 2.05) is 32.0 Å². The van der Waals surface area contributed by atoms with Crippen LogP contribution in [0.2, 0.25) is 0 Å². The number of rotatable bonds is 4. The van der Waals surface area contributed by atoms with Gasteiger partial charge in [-0.25, -0.2) is 4.39 Å². The van der Waals surface area contributed by atoms with Gasteiger partial charge in [-0.15, -0.1) is 0 Å². The van der Waals surface area contributed by atoms with E-state index >= 15 is 0 Å². The summed E-state index contributed by atoms with van der Waals surface area (Å²) < 4.78 is 14.3. The summed E-state index contributed by atoms with van der Waals surface area (Å²) in [6, 6.07) is 12.5. The Kier molecular flexibility index (Phi) is 5.20. The number of thiocarbonyl (C=S) groups is 1. The van der Waals surface area contributed by atoms with Gasteiger partial charge in [0.15, 0.2) is 0 Å². The van der Waals surface area contributed by atoms with Gasteiger partial charge in [-0.3, -0.25) is 9.69 Å². The maximum absolute atomic E-state index is 13.8. The number of carbonyl (C=O) groups is 1. The van der Waals surface area contributed by atoms with Crippen LogP contribution in [0.4, 0.5) is 10.1 Å². The third-order valence-electron chi connectivity index (χ3n) is 3.89. The van der Waals surface area contributed by atoms with Crippen LogP contribution < -0.4 is 5.32 Å². The fourth-order valence-corrected chi connectivity index (χ4v) is 3.71. The molecule has 1 fully saturated rings. The lowest BCUT2D eigenvalue weighted by molar-refractivity contribution is -0.121. The molecular weight excluding hydrogens is 355 g/mol. The van der Waals surface area contributed by atoms with Gasteiger partial charge in [-0.2, -0.15) is 0 Å². The predicted molar refractivity (Wildman–Crippen MR) is 106 cm³/mol. The zero-order chi connectivity index (χ0) is 18.0. The van der Waals surface area contributed by atoms with Gasteiger partial charge in [0.1, 0.15) is 10.1 Å². The quantitative estimate of drug-likeness (QED) is 0.622. The lowest BCUT2D eigenvalue weighted by Crippen LogP contribution is -2.33. The van der Waals surface area contributed by atoms with E-state index in [2.05, 4.69) is 5.32 Å². The van der Waals surface area contributed by atoms with Crippen molar-refractivity contribution >= 4 is 46.0 Å². The Balaban J connectivity index is 1.76. The van der Waals surface area contributed by atoms with E-state index in [1.165, 1.54) is 22.7 Å². The predicted octanol–water partition coefficient (Wildman–Crippen LogP) is 4.71. The maximum Gasteiger partial charge on any atom is 0.267 e. The molecule has 0 bridgehead atoms. The number of anilines is 1. The van der Waals surface area contributed by atoms with E-state index < -0.39 is 0 Å². The number of halogens is 1. The normalized spacial score (nSPS) is 16.0. The number of carbonyl (C=O) groups excluding carboxylic acids is 1. The zero-order valence-corrected chi connectivity index (χ0v) is 15.5. The Bertz CT molecular complexity index is 879. The highest BCUT2D eigenvalue weighted by molar-refractivity contribution is 8.26. The van der Waals surface area contributed by atoms with E-state index in [-0.39, 0.29) is 18.4 Å². The van der Waals surface area contributed by atoms with E-state index in [9.17, 15) is 9.18 Å². The molecule has 1 aliphatic heterocycles. The van der Waals surface area contributed by atoms with Gasteiger partial charge in [-0.1, -0.05) is 54.3 Å². The maximum atomic E-state index is 13.8. The molecule has 1 aliphatic rings. The van der Waals surface area contributed by atoms with Crippen molar-refractivity contribution in [1.29, 1.82) is 0 Å². The Hall–Kier alpha value is -2.18. The minimum Gasteiger partial charge on any atom is -0.367 e. The Morgan fingerprint density at radius 2 is 2.00 bits per heavy atom. The first-order valence-corrected chi connectivity index (χ1v) is 8.99. The summed E-state index contributed by atoms with van der Waals surface area (Å²) in [5.74, 6) is -0.572. The van der Waals surface area contributed by atoms with Crippen molar-refractivity contribution in [2.75, 3.05) is 12.0 Å². The topological polar surface area (TPSA) is 32.3 Å². The third-order valence-corrected chi connectivity index (χ3v) is 5.26. The molecule has 1 N–H and O–H groups in total. The van der Waals surface area contributed by atoms with Crippen LogP contribution in [0.15, 0.2) is 47.4 Å². The largest absolute Gasteiger partial charge is 0.367 e. The number of nitrogens with one attached hydrogen (secondary N) is 1. The Morgan fingerprint density at radius 3 is 2.76 bits per heavy atom. The second kappa shape index (κ2) is 7.37. The molecule has 1 saturated heterocycles. The van der Waals surface area contributed by atoms with Crippen molar-refractivity contribution in [3.8, 4) is 0 Å². The molecule has 25 heavy (non-hydrogen) atoms. The first-order chi connectivity index (χ1) is 12.0. The molecule has 0 unspecified atom stereocenters. The number of amides is 1. The van der Waals surface area contributed by atoms with Crippen molar-refractivity contribution in [2.24, 2.45) is 0 Å². The molecule has 1 heterocycles. The van der Waals surface area contributed by atoms with E-state index in [0.29, 0.717) is 14.8 Å². The van der Waals surface area contributed by atoms with Crippen LogP contribution in [-0.4, -0.2) is 21.8 Å². The molecular formula is C19H17FN2OS2. The van der Waals surface area contributed by atoms with Gasteiger partial charge in [0.25, 0.3) is 5.91 Å². The Labute approximate surface area is 155 Å². The first-order valence-electron chi connectivity index (χ1n) is 7.77. The van der Waals surface area contributed by atoms with Gasteiger partial charge in [-0.05, 0) is 43.2 Å². The van der Waals surface area contributed by atoms with E-state index in [4.69, 9.17) is 12.2 Å². The summed E-state index contributed by atoms with van der Waals surface area (Å²) in [6.45, 7) is 4.30. The SMILES string of the molecule is Cc1ccc(C)c(NCN2C(=O)/C(=C\c3ccccc3F)SC2=S)c1. The van der Waals surface area contributed by atoms with Crippen LogP contribution in [0.3, 0.4) is 0 Å². The van der Waals surface area contributed by atoms with Gasteiger partial charge in [0.05, 0.1) is 11.6 Å². The number of hydrogen-bond acceptors (Lipinski definition) is 4. The summed E-state index contributed by atoms with van der Waals surface area (Å²) in [5.41, 5.74) is 3.58. The van der Waals surface area contributed by atoms with Crippen molar-refractivity contribution in [3.05, 3.63) is 69.9 Å². The fraction of sp³-hybridized carbons (Fsp3) is 0.158. The van der Waals surface area contributed by atoms with Crippen molar-refractivity contribution in [3.63, 3.8) is 0 Å². The molecule has 3 rings (SSSR count). The van der Waals surface area contributed by atoms with Crippen molar-refractivity contribution in [1.82, 2.24) is 4.90 Å². The lowest BCUT2D eigenvalue weighted by Gasteiger charge is -2.17. The van der Waals surface area contributed by atoms with Crippen LogP contribution >= 0.6 is 24.0 Å². The summed E-state index contributed by atoms with van der Waals surface area (Å²) in [7, 11) is 0. The molecule has 0 aliphatic carbocycles. The fourth-order valence-electron chi connectivity index (χ4n) is 2.46. The number of hydrogen-bond donors (Lipinski definition) is 1. The smallest absolute Gasteiger partial charge is 0.267 e. The van der Waals surface area contributed by atoms with E-state index in [1.54, 1.807) is 24.3 Å². The highest BCUT2D eigenvalue weighted by Gasteiger charge is 2.32. The highest BCUT2D eigenvalue weighted by atomic mass is 32.2. The van der Waals surface area contributed by atoms with Gasteiger partial charge >= 0.3 is 0 Å². The molecule has 2 aromatic rings. The second-order valence-corrected chi connectivity index (χ2v) is 7.46. The number of thioether (sulfide) groups is 1. The third kappa shape index (κ3) is 3.91. The summed E-state index contributed by atoms with van der Waals surface area (Å²) in [5, 5.41) is 3.26. The van der Waals surface area contributed by atoms with Gasteiger partial charge < -0.3 is 5.32 Å². The van der Waals surface area contributed by atoms with Crippen LogP contribution in [0.25, 0.3) is 6.08 Å². The standard InChI is InChI=1S/C19H17FN2OS2/c1-12-7-8-13(2)16(9-12)21-11-22-18(23)17(25-19(22)24)10-14-5-3-4-6-15(14)20/h3-10,21H,11H2,1-2H3/b17-10+. The number of benzene rings is 2. The minimum atomic E-state index is -0.360. The summed E-state index contributed by atoms with van der Waals surface area (Å²) in [6.07, 6.45) is 1.55. The Morgan fingerprint density at radius 1 is 1.24 bits per heavy atom. The number of nitrogens with zero attached hydrogens (tertiary/aromatic N) is 1. The van der Waals surface area contributed by atoms with E-state index in [0.717, 1.165) is 16.8 Å². The van der Waals surface area contributed by atoms with Gasteiger partial charge in [0.2, 0.25) is 0 Å².